The van der Waals surface area contributed by atoms with Crippen LogP contribution < -0.4 is 10.9 Å². The van der Waals surface area contributed by atoms with Gasteiger partial charge in [0.2, 0.25) is 5.91 Å². The Bertz CT molecular complexity index is 802. The monoisotopic (exact) mass is 314 g/mol. The van der Waals surface area contributed by atoms with Gasteiger partial charge in [-0.25, -0.2) is 4.79 Å². The van der Waals surface area contributed by atoms with Crippen LogP contribution in [-0.4, -0.2) is 30.9 Å². The number of fused-ring (bicyclic) bond motifs is 1. The first-order chi connectivity index (χ1) is 10.9. The Balaban J connectivity index is 1.84. The largest absolute Gasteiger partial charge is 0.423 e. The summed E-state index contributed by atoms with van der Waals surface area (Å²) in [6.07, 6.45) is 1.69. The van der Waals surface area contributed by atoms with Gasteiger partial charge in [-0.1, -0.05) is 6.92 Å². The topological polar surface area (TPSA) is 62.6 Å². The molecule has 23 heavy (non-hydrogen) atoms. The minimum atomic E-state index is -0.374. The number of aryl methyl sites for hydroxylation is 1. The van der Waals surface area contributed by atoms with Gasteiger partial charge in [-0.15, -0.1) is 0 Å². The van der Waals surface area contributed by atoms with Crippen LogP contribution in [-0.2, 0) is 4.79 Å². The van der Waals surface area contributed by atoms with Crippen molar-refractivity contribution in [3.63, 3.8) is 0 Å². The Kier molecular flexibility index (Phi) is 3.98. The minimum Gasteiger partial charge on any atom is -0.423 e. The highest BCUT2D eigenvalue weighted by Crippen LogP contribution is 2.32. The molecule has 0 aliphatic carbocycles. The van der Waals surface area contributed by atoms with E-state index in [4.69, 9.17) is 4.42 Å². The van der Waals surface area contributed by atoms with E-state index in [-0.39, 0.29) is 16.9 Å². The number of piperidine rings is 1. The zero-order valence-corrected chi connectivity index (χ0v) is 13.8. The lowest BCUT2D eigenvalue weighted by molar-refractivity contribution is -0.127. The highest BCUT2D eigenvalue weighted by molar-refractivity contribution is 5.97. The lowest BCUT2D eigenvalue weighted by atomic mass is 9.79. The van der Waals surface area contributed by atoms with Gasteiger partial charge in [-0.05, 0) is 57.6 Å². The van der Waals surface area contributed by atoms with Gasteiger partial charge in [0.1, 0.15) is 5.58 Å². The molecule has 0 spiro atoms. The number of nitrogens with zero attached hydrogens (tertiary/aromatic N) is 1. The first kappa shape index (κ1) is 15.7. The molecule has 1 aromatic heterocycles. The predicted octanol–water partition coefficient (Wildman–Crippen LogP) is 2.77. The van der Waals surface area contributed by atoms with Gasteiger partial charge < -0.3 is 14.6 Å². The van der Waals surface area contributed by atoms with Crippen molar-refractivity contribution in [2.75, 3.05) is 25.5 Å². The first-order valence-corrected chi connectivity index (χ1v) is 7.92. The number of nitrogens with one attached hydrogen (secondary N) is 1. The number of carbonyl (C=O) groups excluding carboxylic acids is 1. The summed E-state index contributed by atoms with van der Waals surface area (Å²) >= 11 is 0. The van der Waals surface area contributed by atoms with Gasteiger partial charge in [0, 0.05) is 28.6 Å². The summed E-state index contributed by atoms with van der Waals surface area (Å²) in [5.41, 5.74) is 1.31. The molecule has 1 fully saturated rings. The van der Waals surface area contributed by atoms with Crippen molar-refractivity contribution < 1.29 is 9.21 Å². The quantitative estimate of drug-likeness (QED) is 0.866. The lowest BCUT2D eigenvalue weighted by Crippen LogP contribution is -2.43. The fraction of sp³-hybridized carbons (Fsp3) is 0.444. The predicted molar refractivity (Wildman–Crippen MR) is 90.7 cm³/mol. The maximum absolute atomic E-state index is 12.6. The molecule has 1 aliphatic rings. The summed E-state index contributed by atoms with van der Waals surface area (Å²) in [4.78, 5) is 26.4. The maximum Gasteiger partial charge on any atom is 0.336 e. The molecule has 1 amide bonds. The van der Waals surface area contributed by atoms with Gasteiger partial charge in [-0.2, -0.15) is 0 Å². The van der Waals surface area contributed by atoms with Crippen molar-refractivity contribution in [1.82, 2.24) is 4.90 Å². The number of anilines is 1. The number of amides is 1. The molecule has 122 valence electrons. The second-order valence-corrected chi connectivity index (χ2v) is 6.78. The molecule has 0 atom stereocenters. The van der Waals surface area contributed by atoms with Crippen LogP contribution in [0.4, 0.5) is 5.69 Å². The summed E-state index contributed by atoms with van der Waals surface area (Å²) in [5.74, 6) is 0.0277. The average molecular weight is 314 g/mol. The summed E-state index contributed by atoms with van der Waals surface area (Å²) < 4.78 is 5.24. The Morgan fingerprint density at radius 2 is 1.96 bits per heavy atom. The molecule has 0 saturated carbocycles. The van der Waals surface area contributed by atoms with Crippen LogP contribution in [0.3, 0.4) is 0 Å². The Morgan fingerprint density at radius 3 is 2.65 bits per heavy atom. The summed E-state index contributed by atoms with van der Waals surface area (Å²) in [6.45, 7) is 5.74. The van der Waals surface area contributed by atoms with E-state index in [0.29, 0.717) is 11.3 Å². The smallest absolute Gasteiger partial charge is 0.336 e. The van der Waals surface area contributed by atoms with Gasteiger partial charge in [0.15, 0.2) is 0 Å². The molecule has 0 bridgehead atoms. The fourth-order valence-corrected chi connectivity index (χ4v) is 3.02. The summed E-state index contributed by atoms with van der Waals surface area (Å²) in [7, 11) is 2.07. The number of likely N-dealkylation sites (tertiary alicyclic amines) is 1. The molecule has 1 aromatic carbocycles. The van der Waals surface area contributed by atoms with Crippen LogP contribution in [0, 0.1) is 12.3 Å². The van der Waals surface area contributed by atoms with E-state index in [1.54, 1.807) is 6.07 Å². The van der Waals surface area contributed by atoms with E-state index in [0.717, 1.165) is 36.9 Å². The Labute approximate surface area is 135 Å². The van der Waals surface area contributed by atoms with Crippen LogP contribution in [0.1, 0.15) is 25.3 Å². The van der Waals surface area contributed by atoms with E-state index in [1.807, 2.05) is 26.0 Å². The number of benzene rings is 1. The number of rotatable bonds is 2. The molecule has 5 heteroatoms. The standard InChI is InChI=1S/C18H22N2O3/c1-12-10-16(21)23-15-11-13(4-5-14(12)15)19-17(22)18(2)6-8-20(3)9-7-18/h4-5,10-11H,6-9H2,1-3H3,(H,19,22). The second-order valence-electron chi connectivity index (χ2n) is 6.78. The molecular formula is C18H22N2O3. The molecule has 1 aliphatic heterocycles. The molecule has 3 rings (SSSR count). The number of carbonyl (C=O) groups is 1. The Hall–Kier alpha value is -2.14. The van der Waals surface area contributed by atoms with E-state index in [1.165, 1.54) is 6.07 Å². The van der Waals surface area contributed by atoms with Gasteiger partial charge in [0.25, 0.3) is 0 Å². The highest BCUT2D eigenvalue weighted by atomic mass is 16.4. The molecular weight excluding hydrogens is 292 g/mol. The Morgan fingerprint density at radius 1 is 1.26 bits per heavy atom. The van der Waals surface area contributed by atoms with Gasteiger partial charge in [0.05, 0.1) is 0 Å². The normalized spacial score (nSPS) is 18.0. The van der Waals surface area contributed by atoms with Crippen LogP contribution >= 0.6 is 0 Å². The van der Waals surface area contributed by atoms with Crippen molar-refractivity contribution in [3.05, 3.63) is 40.2 Å². The zero-order valence-electron chi connectivity index (χ0n) is 13.8. The molecule has 2 heterocycles. The maximum atomic E-state index is 12.6. The third kappa shape index (κ3) is 3.15. The van der Waals surface area contributed by atoms with Crippen LogP contribution in [0.2, 0.25) is 0 Å². The molecule has 5 nitrogen and oxygen atoms in total. The molecule has 0 unspecified atom stereocenters. The van der Waals surface area contributed by atoms with Crippen LogP contribution in [0.5, 0.6) is 0 Å². The van der Waals surface area contributed by atoms with Crippen molar-refractivity contribution in [1.29, 1.82) is 0 Å². The SMILES string of the molecule is Cc1cc(=O)oc2cc(NC(=O)C3(C)CCN(C)CC3)ccc12. The van der Waals surface area contributed by atoms with E-state index in [2.05, 4.69) is 17.3 Å². The van der Waals surface area contributed by atoms with E-state index >= 15 is 0 Å². The van der Waals surface area contributed by atoms with Gasteiger partial charge in [-0.3, -0.25) is 4.79 Å². The first-order valence-electron chi connectivity index (χ1n) is 7.92. The molecule has 2 aromatic rings. The van der Waals surface area contributed by atoms with Crippen LogP contribution in [0.25, 0.3) is 11.0 Å². The van der Waals surface area contributed by atoms with Gasteiger partial charge >= 0.3 is 5.63 Å². The van der Waals surface area contributed by atoms with E-state index < -0.39 is 0 Å². The van der Waals surface area contributed by atoms with Crippen molar-refractivity contribution in [2.45, 2.75) is 26.7 Å². The number of hydrogen-bond donors (Lipinski definition) is 1. The van der Waals surface area contributed by atoms with Crippen molar-refractivity contribution >= 4 is 22.6 Å². The molecule has 0 radical (unpaired) electrons. The van der Waals surface area contributed by atoms with Crippen molar-refractivity contribution in [3.8, 4) is 0 Å². The number of hydrogen-bond acceptors (Lipinski definition) is 4. The third-order valence-electron chi connectivity index (χ3n) is 4.85. The third-order valence-corrected chi connectivity index (χ3v) is 4.85. The molecule has 1 N–H and O–H groups in total. The zero-order chi connectivity index (χ0) is 16.6. The van der Waals surface area contributed by atoms with Crippen molar-refractivity contribution in [2.24, 2.45) is 5.41 Å². The highest BCUT2D eigenvalue weighted by Gasteiger charge is 2.36. The summed E-state index contributed by atoms with van der Waals surface area (Å²) in [5, 5.41) is 3.86. The molecule has 1 saturated heterocycles. The fourth-order valence-electron chi connectivity index (χ4n) is 3.02. The second kappa shape index (κ2) is 5.81. The van der Waals surface area contributed by atoms with Crippen LogP contribution in [0.15, 0.2) is 33.5 Å². The summed E-state index contributed by atoms with van der Waals surface area (Å²) in [6, 6.07) is 6.92. The lowest BCUT2D eigenvalue weighted by Gasteiger charge is -2.36. The minimum absolute atomic E-state index is 0.0277. The average Bonchev–Trinajstić information content (AvgIpc) is 2.50. The van der Waals surface area contributed by atoms with E-state index in [9.17, 15) is 9.59 Å².